The van der Waals surface area contributed by atoms with Crippen LogP contribution in [0.4, 0.5) is 4.39 Å². The monoisotopic (exact) mass is 259 g/mol. The van der Waals surface area contributed by atoms with Gasteiger partial charge in [0.2, 0.25) is 0 Å². The fourth-order valence-electron chi connectivity index (χ4n) is 1.72. The number of benzene rings is 2. The van der Waals surface area contributed by atoms with Gasteiger partial charge in [-0.15, -0.1) is 0 Å². The van der Waals surface area contributed by atoms with Crippen molar-refractivity contribution in [1.29, 1.82) is 0 Å². The highest BCUT2D eigenvalue weighted by Gasteiger charge is 1.97. The molecule has 2 aromatic carbocycles. The molecule has 0 radical (unpaired) electrons. The molecule has 0 unspecified atom stereocenters. The van der Waals surface area contributed by atoms with Gasteiger partial charge in [-0.05, 0) is 41.9 Å². The number of rotatable bonds is 6. The van der Waals surface area contributed by atoms with E-state index in [1.807, 2.05) is 0 Å². The zero-order valence-corrected chi connectivity index (χ0v) is 11.0. The van der Waals surface area contributed by atoms with E-state index in [9.17, 15) is 4.39 Å². The average molecular weight is 259 g/mol. The summed E-state index contributed by atoms with van der Waals surface area (Å²) in [5, 5.41) is 3.28. The van der Waals surface area contributed by atoms with E-state index in [1.54, 1.807) is 12.1 Å². The van der Waals surface area contributed by atoms with Crippen LogP contribution < -0.4 is 10.1 Å². The summed E-state index contributed by atoms with van der Waals surface area (Å²) in [6.07, 6.45) is 0. The summed E-state index contributed by atoms with van der Waals surface area (Å²) in [7, 11) is 0. The molecule has 0 saturated heterocycles. The van der Waals surface area contributed by atoms with E-state index in [4.69, 9.17) is 4.74 Å². The van der Waals surface area contributed by atoms with Crippen molar-refractivity contribution in [3.05, 3.63) is 65.5 Å². The van der Waals surface area contributed by atoms with Crippen molar-refractivity contribution in [2.75, 3.05) is 6.54 Å². The van der Waals surface area contributed by atoms with E-state index in [1.165, 1.54) is 17.7 Å². The first-order valence-corrected chi connectivity index (χ1v) is 6.45. The first-order chi connectivity index (χ1) is 9.28. The van der Waals surface area contributed by atoms with Crippen LogP contribution in [0.2, 0.25) is 0 Å². The molecule has 3 heteroatoms. The molecule has 0 aliphatic rings. The van der Waals surface area contributed by atoms with Crippen molar-refractivity contribution >= 4 is 0 Å². The second-order valence-electron chi connectivity index (χ2n) is 4.34. The first kappa shape index (κ1) is 13.6. The van der Waals surface area contributed by atoms with Crippen LogP contribution in [0.25, 0.3) is 0 Å². The minimum Gasteiger partial charge on any atom is -0.489 e. The maximum Gasteiger partial charge on any atom is 0.123 e. The molecule has 0 spiro atoms. The van der Waals surface area contributed by atoms with Gasteiger partial charge >= 0.3 is 0 Å². The van der Waals surface area contributed by atoms with Crippen LogP contribution in [0.3, 0.4) is 0 Å². The number of ether oxygens (including phenoxy) is 1. The van der Waals surface area contributed by atoms with Crippen molar-refractivity contribution in [3.8, 4) is 5.75 Å². The van der Waals surface area contributed by atoms with Crippen LogP contribution in [-0.4, -0.2) is 6.54 Å². The van der Waals surface area contributed by atoms with Gasteiger partial charge in [0.1, 0.15) is 18.2 Å². The standard InChI is InChI=1S/C16H18FNO/c1-2-18-11-13-3-5-14(6-4-13)12-19-16-9-7-15(17)8-10-16/h3-10,18H,2,11-12H2,1H3. The zero-order valence-electron chi connectivity index (χ0n) is 11.0. The van der Waals surface area contributed by atoms with Crippen molar-refractivity contribution in [1.82, 2.24) is 5.32 Å². The minimum absolute atomic E-state index is 0.250. The van der Waals surface area contributed by atoms with Crippen molar-refractivity contribution in [2.24, 2.45) is 0 Å². The van der Waals surface area contributed by atoms with Crippen LogP contribution in [-0.2, 0) is 13.2 Å². The van der Waals surface area contributed by atoms with E-state index < -0.39 is 0 Å². The molecule has 0 saturated carbocycles. The van der Waals surface area contributed by atoms with Gasteiger partial charge in [-0.25, -0.2) is 4.39 Å². The second-order valence-corrected chi connectivity index (χ2v) is 4.34. The third-order valence-electron chi connectivity index (χ3n) is 2.82. The van der Waals surface area contributed by atoms with Crippen molar-refractivity contribution in [2.45, 2.75) is 20.1 Å². The topological polar surface area (TPSA) is 21.3 Å². The number of hydrogen-bond acceptors (Lipinski definition) is 2. The molecule has 0 aromatic heterocycles. The maximum atomic E-state index is 12.7. The third kappa shape index (κ3) is 4.38. The van der Waals surface area contributed by atoms with Crippen molar-refractivity contribution in [3.63, 3.8) is 0 Å². The average Bonchev–Trinajstić information content (AvgIpc) is 2.46. The largest absolute Gasteiger partial charge is 0.489 e. The normalized spacial score (nSPS) is 10.4. The molecular weight excluding hydrogens is 241 g/mol. The fourth-order valence-corrected chi connectivity index (χ4v) is 1.72. The smallest absolute Gasteiger partial charge is 0.123 e. The molecular formula is C16H18FNO. The molecule has 0 atom stereocenters. The molecule has 1 N–H and O–H groups in total. The summed E-state index contributed by atoms with van der Waals surface area (Å²) in [5.41, 5.74) is 2.36. The SMILES string of the molecule is CCNCc1ccc(COc2ccc(F)cc2)cc1. The summed E-state index contributed by atoms with van der Waals surface area (Å²) in [5.74, 6) is 0.429. The van der Waals surface area contributed by atoms with E-state index in [2.05, 4.69) is 36.5 Å². The Morgan fingerprint density at radius 2 is 1.58 bits per heavy atom. The molecule has 0 heterocycles. The van der Waals surface area contributed by atoms with Crippen LogP contribution in [0, 0.1) is 5.82 Å². The molecule has 19 heavy (non-hydrogen) atoms. The maximum absolute atomic E-state index is 12.7. The lowest BCUT2D eigenvalue weighted by molar-refractivity contribution is 0.305. The van der Waals surface area contributed by atoms with Gasteiger partial charge < -0.3 is 10.1 Å². The summed E-state index contributed by atoms with van der Waals surface area (Å²) in [6.45, 7) is 4.43. The van der Waals surface area contributed by atoms with Gasteiger partial charge in [0.15, 0.2) is 0 Å². The van der Waals surface area contributed by atoms with Gasteiger partial charge in [0.25, 0.3) is 0 Å². The van der Waals surface area contributed by atoms with Crippen molar-refractivity contribution < 1.29 is 9.13 Å². The second kappa shape index (κ2) is 6.90. The van der Waals surface area contributed by atoms with E-state index >= 15 is 0 Å². The predicted octanol–water partition coefficient (Wildman–Crippen LogP) is 3.51. The summed E-state index contributed by atoms with van der Waals surface area (Å²) >= 11 is 0. The van der Waals surface area contributed by atoms with Crippen LogP contribution in [0.1, 0.15) is 18.1 Å². The van der Waals surface area contributed by atoms with Gasteiger partial charge in [0, 0.05) is 6.54 Å². The lowest BCUT2D eigenvalue weighted by Gasteiger charge is -2.07. The Hall–Kier alpha value is -1.87. The number of hydrogen-bond donors (Lipinski definition) is 1. The predicted molar refractivity (Wildman–Crippen MR) is 74.6 cm³/mol. The highest BCUT2D eigenvalue weighted by molar-refractivity contribution is 5.25. The Morgan fingerprint density at radius 3 is 2.21 bits per heavy atom. The lowest BCUT2D eigenvalue weighted by atomic mass is 10.1. The number of halogens is 1. The summed E-state index contributed by atoms with van der Waals surface area (Å²) < 4.78 is 18.3. The van der Waals surface area contributed by atoms with Crippen LogP contribution in [0.5, 0.6) is 5.75 Å². The molecule has 0 bridgehead atoms. The Labute approximate surface area is 113 Å². The highest BCUT2D eigenvalue weighted by atomic mass is 19.1. The van der Waals surface area contributed by atoms with Gasteiger partial charge in [0.05, 0.1) is 0 Å². The van der Waals surface area contributed by atoms with Gasteiger partial charge in [-0.1, -0.05) is 31.2 Å². The zero-order chi connectivity index (χ0) is 13.5. The Kier molecular flexibility index (Phi) is 4.93. The van der Waals surface area contributed by atoms with E-state index in [-0.39, 0.29) is 5.82 Å². The molecule has 0 fully saturated rings. The summed E-state index contributed by atoms with van der Waals surface area (Å²) in [4.78, 5) is 0. The molecule has 0 aliphatic heterocycles. The van der Waals surface area contributed by atoms with E-state index in [0.717, 1.165) is 18.7 Å². The molecule has 100 valence electrons. The first-order valence-electron chi connectivity index (χ1n) is 6.45. The van der Waals surface area contributed by atoms with E-state index in [0.29, 0.717) is 12.4 Å². The number of nitrogens with one attached hydrogen (secondary N) is 1. The Balaban J connectivity index is 1.87. The Bertz CT molecular complexity index is 493. The molecule has 0 amide bonds. The van der Waals surface area contributed by atoms with Crippen LogP contribution >= 0.6 is 0 Å². The van der Waals surface area contributed by atoms with Gasteiger partial charge in [-0.2, -0.15) is 0 Å². The molecule has 2 rings (SSSR count). The van der Waals surface area contributed by atoms with Gasteiger partial charge in [-0.3, -0.25) is 0 Å². The molecule has 2 aromatic rings. The molecule has 0 aliphatic carbocycles. The highest BCUT2D eigenvalue weighted by Crippen LogP contribution is 2.13. The fraction of sp³-hybridized carbons (Fsp3) is 0.250. The quantitative estimate of drug-likeness (QED) is 0.857. The third-order valence-corrected chi connectivity index (χ3v) is 2.82. The lowest BCUT2D eigenvalue weighted by Crippen LogP contribution is -2.11. The minimum atomic E-state index is -0.250. The van der Waals surface area contributed by atoms with Crippen LogP contribution in [0.15, 0.2) is 48.5 Å². The summed E-state index contributed by atoms with van der Waals surface area (Å²) in [6, 6.07) is 14.3. The Morgan fingerprint density at radius 1 is 0.947 bits per heavy atom. The molecule has 2 nitrogen and oxygen atoms in total.